The molecule has 0 aromatic heterocycles. The van der Waals surface area contributed by atoms with Gasteiger partial charge in [0.05, 0.1) is 13.2 Å². The molecule has 0 unspecified atom stereocenters. The van der Waals surface area contributed by atoms with E-state index in [1.54, 1.807) is 24.3 Å². The van der Waals surface area contributed by atoms with Crippen molar-refractivity contribution in [1.82, 2.24) is 9.80 Å². The molecule has 1 heterocycles. The van der Waals surface area contributed by atoms with Crippen molar-refractivity contribution in [2.75, 3.05) is 51.2 Å². The first kappa shape index (κ1) is 20.2. The molecule has 1 aliphatic heterocycles. The second-order valence-corrected chi connectivity index (χ2v) is 6.83. The molecular weight excluding hydrogens is 364 g/mol. The number of carbonyl (C=O) groups excluding carboxylic acids is 1. The number of amides is 1. The van der Waals surface area contributed by atoms with Gasteiger partial charge in [0.2, 0.25) is 5.91 Å². The van der Waals surface area contributed by atoms with Gasteiger partial charge in [0.25, 0.3) is 0 Å². The molecule has 0 bridgehead atoms. The number of halogens is 2. The first-order valence-corrected chi connectivity index (χ1v) is 9.47. The van der Waals surface area contributed by atoms with Crippen molar-refractivity contribution in [2.45, 2.75) is 6.42 Å². The van der Waals surface area contributed by atoms with E-state index in [1.807, 2.05) is 0 Å². The quantitative estimate of drug-likeness (QED) is 0.705. The molecule has 3 rings (SSSR count). The molecule has 1 fully saturated rings. The van der Waals surface area contributed by atoms with Gasteiger partial charge >= 0.3 is 0 Å². The van der Waals surface area contributed by atoms with Crippen molar-refractivity contribution in [3.8, 4) is 5.75 Å². The number of hydrogen-bond acceptors (Lipinski definition) is 4. The van der Waals surface area contributed by atoms with Crippen LogP contribution in [0.3, 0.4) is 0 Å². The van der Waals surface area contributed by atoms with Crippen LogP contribution in [0.2, 0.25) is 0 Å². The third-order valence-electron chi connectivity index (χ3n) is 4.64. The van der Waals surface area contributed by atoms with Crippen LogP contribution < -0.4 is 10.1 Å². The van der Waals surface area contributed by atoms with Crippen molar-refractivity contribution < 1.29 is 18.3 Å². The Hall–Kier alpha value is -2.51. The molecule has 150 valence electrons. The number of ether oxygens (including phenoxy) is 1. The Bertz CT molecular complexity index is 763. The Balaban J connectivity index is 1.29. The lowest BCUT2D eigenvalue weighted by atomic mass is 10.2. The lowest BCUT2D eigenvalue weighted by Crippen LogP contribution is -2.48. The minimum absolute atomic E-state index is 0.133. The van der Waals surface area contributed by atoms with Gasteiger partial charge in [-0.05, 0) is 48.9 Å². The number of benzene rings is 2. The van der Waals surface area contributed by atoms with E-state index in [2.05, 4.69) is 15.1 Å². The van der Waals surface area contributed by atoms with E-state index in [9.17, 15) is 13.6 Å². The van der Waals surface area contributed by atoms with Crippen LogP contribution in [0.1, 0.15) is 6.42 Å². The van der Waals surface area contributed by atoms with Crippen molar-refractivity contribution in [2.24, 2.45) is 0 Å². The zero-order valence-electron chi connectivity index (χ0n) is 15.7. The standard InChI is InChI=1S/C21H25F2N3O2/c22-17-5-7-20(8-6-17)28-14-2-9-25-10-12-26(13-11-25)16-21(27)24-19-4-1-3-18(23)15-19/h1,3-8,15H,2,9-14,16H2,(H,24,27). The van der Waals surface area contributed by atoms with Gasteiger partial charge in [-0.2, -0.15) is 0 Å². The average Bonchev–Trinajstić information content (AvgIpc) is 2.68. The molecule has 0 saturated carbocycles. The molecule has 2 aromatic rings. The molecule has 0 radical (unpaired) electrons. The zero-order valence-corrected chi connectivity index (χ0v) is 15.7. The maximum atomic E-state index is 13.2. The van der Waals surface area contributed by atoms with Gasteiger partial charge in [-0.1, -0.05) is 6.07 Å². The Morgan fingerprint density at radius 2 is 1.68 bits per heavy atom. The van der Waals surface area contributed by atoms with Gasteiger partial charge in [-0.25, -0.2) is 8.78 Å². The van der Waals surface area contributed by atoms with E-state index in [1.165, 1.54) is 24.3 Å². The second-order valence-electron chi connectivity index (χ2n) is 6.83. The monoisotopic (exact) mass is 389 g/mol. The van der Waals surface area contributed by atoms with Gasteiger partial charge in [-0.15, -0.1) is 0 Å². The fraction of sp³-hybridized carbons (Fsp3) is 0.381. The largest absolute Gasteiger partial charge is 0.494 e. The van der Waals surface area contributed by atoms with Crippen LogP contribution >= 0.6 is 0 Å². The van der Waals surface area contributed by atoms with Crippen LogP contribution in [0.5, 0.6) is 5.75 Å². The van der Waals surface area contributed by atoms with Gasteiger partial charge < -0.3 is 15.0 Å². The summed E-state index contributed by atoms with van der Waals surface area (Å²) in [5.74, 6) is -0.0908. The van der Waals surface area contributed by atoms with E-state index in [4.69, 9.17) is 4.74 Å². The van der Waals surface area contributed by atoms with Crippen LogP contribution in [-0.2, 0) is 4.79 Å². The first-order chi connectivity index (χ1) is 13.6. The fourth-order valence-electron chi connectivity index (χ4n) is 3.15. The number of hydrogen-bond donors (Lipinski definition) is 1. The number of carbonyl (C=O) groups is 1. The van der Waals surface area contributed by atoms with Gasteiger partial charge in [0.15, 0.2) is 0 Å². The van der Waals surface area contributed by atoms with Crippen molar-refractivity contribution in [3.63, 3.8) is 0 Å². The second kappa shape index (κ2) is 10.1. The molecule has 7 heteroatoms. The summed E-state index contributed by atoms with van der Waals surface area (Å²) in [6.07, 6.45) is 0.886. The molecular formula is C21H25F2N3O2. The lowest BCUT2D eigenvalue weighted by molar-refractivity contribution is -0.117. The Morgan fingerprint density at radius 3 is 2.39 bits per heavy atom. The van der Waals surface area contributed by atoms with Gasteiger partial charge in [0.1, 0.15) is 17.4 Å². The van der Waals surface area contributed by atoms with Crippen molar-refractivity contribution >= 4 is 11.6 Å². The summed E-state index contributed by atoms with van der Waals surface area (Å²) >= 11 is 0. The van der Waals surface area contributed by atoms with Crippen LogP contribution in [0.15, 0.2) is 48.5 Å². The summed E-state index contributed by atoms with van der Waals surface area (Å²) in [4.78, 5) is 16.6. The minimum Gasteiger partial charge on any atom is -0.494 e. The van der Waals surface area contributed by atoms with E-state index in [0.717, 1.165) is 39.1 Å². The van der Waals surface area contributed by atoms with E-state index >= 15 is 0 Å². The topological polar surface area (TPSA) is 44.8 Å². The molecule has 1 N–H and O–H groups in total. The number of piperazine rings is 1. The van der Waals surface area contributed by atoms with Gasteiger partial charge in [0, 0.05) is 38.4 Å². The van der Waals surface area contributed by atoms with Crippen LogP contribution in [0, 0.1) is 11.6 Å². The predicted octanol–water partition coefficient (Wildman–Crippen LogP) is 2.99. The molecule has 0 spiro atoms. The number of anilines is 1. The van der Waals surface area contributed by atoms with E-state index in [0.29, 0.717) is 24.6 Å². The predicted molar refractivity (Wildman–Crippen MR) is 104 cm³/mol. The highest BCUT2D eigenvalue weighted by atomic mass is 19.1. The maximum Gasteiger partial charge on any atom is 0.238 e. The SMILES string of the molecule is O=C(CN1CCN(CCCOc2ccc(F)cc2)CC1)Nc1cccc(F)c1. The molecule has 1 aliphatic rings. The molecule has 0 aliphatic carbocycles. The molecule has 2 aromatic carbocycles. The summed E-state index contributed by atoms with van der Waals surface area (Å²) in [5, 5.41) is 2.73. The van der Waals surface area contributed by atoms with E-state index < -0.39 is 0 Å². The zero-order chi connectivity index (χ0) is 19.8. The lowest BCUT2D eigenvalue weighted by Gasteiger charge is -2.34. The summed E-state index contributed by atoms with van der Waals surface area (Å²) < 4.78 is 31.6. The summed E-state index contributed by atoms with van der Waals surface area (Å²) in [6.45, 7) is 5.23. The highest BCUT2D eigenvalue weighted by Crippen LogP contribution is 2.12. The smallest absolute Gasteiger partial charge is 0.238 e. The molecule has 28 heavy (non-hydrogen) atoms. The summed E-state index contributed by atoms with van der Waals surface area (Å²) in [5.41, 5.74) is 0.477. The van der Waals surface area contributed by atoms with Crippen molar-refractivity contribution in [1.29, 1.82) is 0 Å². The van der Waals surface area contributed by atoms with Crippen LogP contribution in [0.4, 0.5) is 14.5 Å². The third-order valence-corrected chi connectivity index (χ3v) is 4.64. The molecule has 1 saturated heterocycles. The van der Waals surface area contributed by atoms with Crippen molar-refractivity contribution in [3.05, 3.63) is 60.2 Å². The molecule has 0 atom stereocenters. The summed E-state index contributed by atoms with van der Waals surface area (Å²) in [7, 11) is 0. The third kappa shape index (κ3) is 6.58. The Morgan fingerprint density at radius 1 is 0.964 bits per heavy atom. The highest BCUT2D eigenvalue weighted by Gasteiger charge is 2.18. The first-order valence-electron chi connectivity index (χ1n) is 9.47. The molecule has 5 nitrogen and oxygen atoms in total. The fourth-order valence-corrected chi connectivity index (χ4v) is 3.15. The Labute approximate surface area is 163 Å². The minimum atomic E-state index is -0.366. The number of rotatable bonds is 8. The van der Waals surface area contributed by atoms with Crippen LogP contribution in [0.25, 0.3) is 0 Å². The average molecular weight is 389 g/mol. The molecule has 1 amide bonds. The van der Waals surface area contributed by atoms with Gasteiger partial charge in [-0.3, -0.25) is 9.69 Å². The summed E-state index contributed by atoms with van der Waals surface area (Å²) in [6, 6.07) is 11.9. The number of nitrogens with zero attached hydrogens (tertiary/aromatic N) is 2. The number of nitrogens with one attached hydrogen (secondary N) is 1. The van der Waals surface area contributed by atoms with E-state index in [-0.39, 0.29) is 17.5 Å². The normalized spacial score (nSPS) is 15.4. The Kier molecular flexibility index (Phi) is 7.33. The van der Waals surface area contributed by atoms with Crippen LogP contribution in [-0.4, -0.2) is 61.6 Å². The highest BCUT2D eigenvalue weighted by molar-refractivity contribution is 5.92. The maximum absolute atomic E-state index is 13.2.